The number of nitrogens with zero attached hydrogens (tertiary/aromatic N) is 4. The topological polar surface area (TPSA) is 81.2 Å². The Morgan fingerprint density at radius 3 is 2.56 bits per heavy atom. The minimum absolute atomic E-state index is 0.0951. The Morgan fingerprint density at radius 2 is 1.84 bits per heavy atom. The number of likely N-dealkylation sites (N-methyl/N-ethyl adjacent to an activating group) is 1. The number of pyridine rings is 1. The molecule has 0 saturated carbocycles. The van der Waals surface area contributed by atoms with Gasteiger partial charge in [-0.25, -0.2) is 0 Å². The Bertz CT molecular complexity index is 1310. The highest BCUT2D eigenvalue weighted by Crippen LogP contribution is 2.23. The van der Waals surface area contributed by atoms with Crippen molar-refractivity contribution in [2.45, 2.75) is 20.4 Å². The monoisotopic (exact) mass is 492 g/mol. The highest BCUT2D eigenvalue weighted by atomic mass is 79.9. The maximum absolute atomic E-state index is 13.0. The Morgan fingerprint density at radius 1 is 1.09 bits per heavy atom. The van der Waals surface area contributed by atoms with Crippen LogP contribution in [0.5, 0.6) is 0 Å². The largest absolute Gasteiger partial charge is 0.334 e. The molecular weight excluding hydrogens is 472 g/mol. The lowest BCUT2D eigenvalue weighted by Gasteiger charge is -2.22. The average molecular weight is 493 g/mol. The molecule has 0 spiro atoms. The van der Waals surface area contributed by atoms with Crippen molar-refractivity contribution in [3.8, 4) is 22.8 Å². The van der Waals surface area contributed by atoms with Crippen LogP contribution < -0.4 is 10.5 Å². The van der Waals surface area contributed by atoms with Crippen LogP contribution in [0.1, 0.15) is 12.5 Å². The van der Waals surface area contributed by atoms with Crippen molar-refractivity contribution in [2.24, 2.45) is 0 Å². The van der Waals surface area contributed by atoms with Gasteiger partial charge in [0.15, 0.2) is 0 Å². The van der Waals surface area contributed by atoms with Crippen molar-refractivity contribution in [1.29, 1.82) is 0 Å². The molecule has 0 N–H and O–H groups in total. The van der Waals surface area contributed by atoms with E-state index in [1.54, 1.807) is 17.2 Å². The molecule has 4 aromatic rings. The van der Waals surface area contributed by atoms with Crippen molar-refractivity contribution in [2.75, 3.05) is 11.4 Å². The SMILES string of the molecule is CCN(C(=O)Cn1cc(-c2nc(-c3ccc(Br)cc3)no2)ccc1=O)c1cccc(C)c1. The maximum Gasteiger partial charge on any atom is 0.259 e. The number of hydrogen-bond acceptors (Lipinski definition) is 5. The number of aromatic nitrogens is 3. The fourth-order valence-electron chi connectivity index (χ4n) is 3.37. The van der Waals surface area contributed by atoms with E-state index >= 15 is 0 Å². The quantitative estimate of drug-likeness (QED) is 0.389. The lowest BCUT2D eigenvalue weighted by atomic mass is 10.2. The van der Waals surface area contributed by atoms with Gasteiger partial charge in [0.25, 0.3) is 11.4 Å². The highest BCUT2D eigenvalue weighted by molar-refractivity contribution is 9.10. The first-order valence-corrected chi connectivity index (χ1v) is 10.9. The zero-order valence-electron chi connectivity index (χ0n) is 17.7. The van der Waals surface area contributed by atoms with Gasteiger partial charge in [-0.05, 0) is 61.9 Å². The van der Waals surface area contributed by atoms with Gasteiger partial charge in [0.1, 0.15) is 6.54 Å². The highest BCUT2D eigenvalue weighted by Gasteiger charge is 2.17. The van der Waals surface area contributed by atoms with Gasteiger partial charge in [-0.15, -0.1) is 0 Å². The predicted molar refractivity (Wildman–Crippen MR) is 126 cm³/mol. The first-order valence-electron chi connectivity index (χ1n) is 10.1. The van der Waals surface area contributed by atoms with E-state index in [0.717, 1.165) is 21.3 Å². The van der Waals surface area contributed by atoms with Crippen LogP contribution in [0.3, 0.4) is 0 Å². The Labute approximate surface area is 193 Å². The maximum atomic E-state index is 13.0. The Balaban J connectivity index is 1.58. The predicted octanol–water partition coefficient (Wildman–Crippen LogP) is 4.69. The minimum Gasteiger partial charge on any atom is -0.334 e. The van der Waals surface area contributed by atoms with Crippen molar-refractivity contribution >= 4 is 27.5 Å². The van der Waals surface area contributed by atoms with Crippen molar-refractivity contribution in [3.05, 3.63) is 87.3 Å². The minimum atomic E-state index is -0.282. The first-order chi connectivity index (χ1) is 15.4. The molecule has 0 unspecified atom stereocenters. The van der Waals surface area contributed by atoms with E-state index in [9.17, 15) is 9.59 Å². The molecule has 2 heterocycles. The number of halogens is 1. The number of aryl methyl sites for hydroxylation is 1. The van der Waals surface area contributed by atoms with E-state index in [1.165, 1.54) is 10.6 Å². The number of benzene rings is 2. The molecule has 0 atom stereocenters. The Kier molecular flexibility index (Phi) is 6.32. The molecule has 0 bridgehead atoms. The molecule has 0 aliphatic carbocycles. The summed E-state index contributed by atoms with van der Waals surface area (Å²) in [7, 11) is 0. The molecule has 4 rings (SSSR count). The van der Waals surface area contributed by atoms with Gasteiger partial charge in [-0.1, -0.05) is 33.2 Å². The van der Waals surface area contributed by atoms with Crippen LogP contribution in [-0.4, -0.2) is 27.2 Å². The molecule has 8 heteroatoms. The van der Waals surface area contributed by atoms with E-state index in [1.807, 2.05) is 62.4 Å². The van der Waals surface area contributed by atoms with Gasteiger partial charge >= 0.3 is 0 Å². The van der Waals surface area contributed by atoms with Crippen LogP contribution in [0.15, 0.2) is 80.7 Å². The van der Waals surface area contributed by atoms with Crippen LogP contribution in [0, 0.1) is 6.92 Å². The van der Waals surface area contributed by atoms with Gasteiger partial charge in [-0.3, -0.25) is 9.59 Å². The van der Waals surface area contributed by atoms with E-state index < -0.39 is 0 Å². The standard InChI is InChI=1S/C24H21BrN4O3/c1-3-29(20-6-4-5-16(2)13-20)22(31)15-28-14-18(9-12-21(28)30)24-26-23(27-32-24)17-7-10-19(25)11-8-17/h4-14H,3,15H2,1-2H3. The summed E-state index contributed by atoms with van der Waals surface area (Å²) in [5.41, 5.74) is 2.95. The van der Waals surface area contributed by atoms with Gasteiger partial charge in [0, 0.05) is 34.5 Å². The molecule has 32 heavy (non-hydrogen) atoms. The van der Waals surface area contributed by atoms with E-state index in [4.69, 9.17) is 4.52 Å². The summed E-state index contributed by atoms with van der Waals surface area (Å²) in [6.07, 6.45) is 1.57. The summed E-state index contributed by atoms with van der Waals surface area (Å²) in [5.74, 6) is 0.534. The zero-order valence-corrected chi connectivity index (χ0v) is 19.2. The van der Waals surface area contributed by atoms with Crippen molar-refractivity contribution < 1.29 is 9.32 Å². The second-order valence-electron chi connectivity index (χ2n) is 7.29. The lowest BCUT2D eigenvalue weighted by Crippen LogP contribution is -2.36. The molecule has 0 aliphatic heterocycles. The summed E-state index contributed by atoms with van der Waals surface area (Å²) in [4.78, 5) is 31.5. The second kappa shape index (κ2) is 9.32. The van der Waals surface area contributed by atoms with Crippen LogP contribution in [-0.2, 0) is 11.3 Å². The summed E-state index contributed by atoms with van der Waals surface area (Å²) < 4.78 is 7.72. The number of anilines is 1. The van der Waals surface area contributed by atoms with Gasteiger partial charge in [0.2, 0.25) is 11.7 Å². The molecule has 2 aromatic heterocycles. The molecule has 0 fully saturated rings. The zero-order chi connectivity index (χ0) is 22.7. The third kappa shape index (κ3) is 4.70. The summed E-state index contributed by atoms with van der Waals surface area (Å²) in [6.45, 7) is 4.28. The summed E-state index contributed by atoms with van der Waals surface area (Å²) >= 11 is 3.40. The summed E-state index contributed by atoms with van der Waals surface area (Å²) in [6, 6.07) is 18.3. The fraction of sp³-hybridized carbons (Fsp3) is 0.167. The van der Waals surface area contributed by atoms with E-state index in [2.05, 4.69) is 26.1 Å². The molecule has 162 valence electrons. The third-order valence-electron chi connectivity index (χ3n) is 5.00. The molecule has 0 radical (unpaired) electrons. The Hall–Kier alpha value is -3.52. The number of amides is 1. The molecule has 0 aliphatic rings. The molecule has 2 aromatic carbocycles. The van der Waals surface area contributed by atoms with Gasteiger partial charge < -0.3 is 14.0 Å². The average Bonchev–Trinajstić information content (AvgIpc) is 3.27. The fourth-order valence-corrected chi connectivity index (χ4v) is 3.63. The number of rotatable bonds is 6. The second-order valence-corrected chi connectivity index (χ2v) is 8.21. The van der Waals surface area contributed by atoms with Gasteiger partial charge in [0.05, 0.1) is 5.56 Å². The van der Waals surface area contributed by atoms with Crippen LogP contribution in [0.25, 0.3) is 22.8 Å². The van der Waals surface area contributed by atoms with Crippen molar-refractivity contribution in [3.63, 3.8) is 0 Å². The van der Waals surface area contributed by atoms with E-state index in [-0.39, 0.29) is 23.9 Å². The summed E-state index contributed by atoms with van der Waals surface area (Å²) in [5, 5.41) is 4.03. The number of hydrogen-bond donors (Lipinski definition) is 0. The normalized spacial score (nSPS) is 10.8. The van der Waals surface area contributed by atoms with E-state index in [0.29, 0.717) is 17.9 Å². The molecular formula is C24H21BrN4O3. The number of carbonyl (C=O) groups is 1. The van der Waals surface area contributed by atoms with Crippen LogP contribution in [0.4, 0.5) is 5.69 Å². The number of carbonyl (C=O) groups excluding carboxylic acids is 1. The lowest BCUT2D eigenvalue weighted by molar-refractivity contribution is -0.119. The molecule has 0 saturated heterocycles. The third-order valence-corrected chi connectivity index (χ3v) is 5.52. The van der Waals surface area contributed by atoms with Crippen LogP contribution in [0.2, 0.25) is 0 Å². The molecule has 7 nitrogen and oxygen atoms in total. The first kappa shape index (κ1) is 21.7. The molecule has 1 amide bonds. The smallest absolute Gasteiger partial charge is 0.259 e. The van der Waals surface area contributed by atoms with Gasteiger partial charge in [-0.2, -0.15) is 4.98 Å². The van der Waals surface area contributed by atoms with Crippen molar-refractivity contribution in [1.82, 2.24) is 14.7 Å². The van der Waals surface area contributed by atoms with Crippen LogP contribution >= 0.6 is 15.9 Å².